The summed E-state index contributed by atoms with van der Waals surface area (Å²) in [5.74, 6) is 0.441. The quantitative estimate of drug-likeness (QED) is 0.368. The van der Waals surface area contributed by atoms with Gasteiger partial charge >= 0.3 is 0 Å². The fourth-order valence-corrected chi connectivity index (χ4v) is 6.54. The van der Waals surface area contributed by atoms with Gasteiger partial charge < -0.3 is 14.4 Å². The molecule has 0 amide bonds. The van der Waals surface area contributed by atoms with Crippen LogP contribution in [0.4, 0.5) is 0 Å². The number of hydrogen-bond donors (Lipinski definition) is 1. The Bertz CT molecular complexity index is 1590. The van der Waals surface area contributed by atoms with Crippen molar-refractivity contribution >= 4 is 21.9 Å². The molecule has 1 N–H and O–H groups in total. The van der Waals surface area contributed by atoms with E-state index in [0.717, 1.165) is 83.5 Å². The normalized spacial score (nSPS) is 19.1. The highest BCUT2D eigenvalue weighted by Gasteiger charge is 2.31. The summed E-state index contributed by atoms with van der Waals surface area (Å²) in [4.78, 5) is 5.25. The third kappa shape index (κ3) is 3.60. The van der Waals surface area contributed by atoms with Gasteiger partial charge in [-0.25, -0.2) is 9.67 Å². The van der Waals surface area contributed by atoms with Crippen LogP contribution in [-0.2, 0) is 18.2 Å². The lowest BCUT2D eigenvalue weighted by Gasteiger charge is -2.33. The maximum absolute atomic E-state index is 10.8. The van der Waals surface area contributed by atoms with Gasteiger partial charge in [-0.05, 0) is 79.5 Å². The molecular weight excluding hydrogens is 462 g/mol. The number of pyridine rings is 1. The van der Waals surface area contributed by atoms with Crippen molar-refractivity contribution in [2.45, 2.75) is 44.8 Å². The summed E-state index contributed by atoms with van der Waals surface area (Å²) in [5, 5.41) is 20.4. The zero-order valence-corrected chi connectivity index (χ0v) is 21.3. The summed E-state index contributed by atoms with van der Waals surface area (Å²) < 4.78 is 10.1. The van der Waals surface area contributed by atoms with Crippen LogP contribution in [0.5, 0.6) is 0 Å². The average molecular weight is 494 g/mol. The minimum absolute atomic E-state index is 0.148. The van der Waals surface area contributed by atoms with Crippen molar-refractivity contribution in [1.29, 1.82) is 0 Å². The fourth-order valence-electron chi connectivity index (χ4n) is 6.54. The largest absolute Gasteiger partial charge is 0.388 e. The monoisotopic (exact) mass is 493 g/mol. The standard InChI is InChI=1S/C30H31N5O2/c1-18-29(34(2)33-32-18)24-9-10-25-28(31-24)23-16-21-8-11-27(36)22(21)17-26(23)35(25)30(19-6-4-3-5-7-19)20-12-14-37-15-13-20/h3-7,9-10,16-17,20,27,30,36H,8,11-15H2,1-2H3. The van der Waals surface area contributed by atoms with E-state index < -0.39 is 6.10 Å². The Hall–Kier alpha value is -3.55. The molecule has 2 atom stereocenters. The lowest BCUT2D eigenvalue weighted by Crippen LogP contribution is -2.26. The van der Waals surface area contributed by atoms with Gasteiger partial charge in [-0.15, -0.1) is 5.10 Å². The molecule has 188 valence electrons. The highest BCUT2D eigenvalue weighted by atomic mass is 16.5. The Labute approximate surface area is 215 Å². The van der Waals surface area contributed by atoms with Gasteiger partial charge in [0.2, 0.25) is 0 Å². The van der Waals surface area contributed by atoms with Crippen LogP contribution >= 0.6 is 0 Å². The van der Waals surface area contributed by atoms with Gasteiger partial charge in [0.15, 0.2) is 0 Å². The van der Waals surface area contributed by atoms with Crippen molar-refractivity contribution in [2.75, 3.05) is 13.2 Å². The Balaban J connectivity index is 1.54. The van der Waals surface area contributed by atoms with E-state index in [1.165, 1.54) is 11.1 Å². The average Bonchev–Trinajstić information content (AvgIpc) is 3.57. The molecule has 4 heterocycles. The Morgan fingerprint density at radius 2 is 1.81 bits per heavy atom. The molecule has 1 fully saturated rings. The number of rotatable bonds is 4. The number of aromatic nitrogens is 5. The van der Waals surface area contributed by atoms with Gasteiger partial charge in [-0.1, -0.05) is 35.5 Å². The second-order valence-electron chi connectivity index (χ2n) is 10.5. The maximum Gasteiger partial charge on any atom is 0.110 e. The smallest absolute Gasteiger partial charge is 0.110 e. The van der Waals surface area contributed by atoms with Crippen LogP contribution in [0.1, 0.15) is 53.8 Å². The van der Waals surface area contributed by atoms with E-state index in [2.05, 4.69) is 69.5 Å². The third-order valence-corrected chi connectivity index (χ3v) is 8.32. The number of aliphatic hydroxyl groups is 1. The molecule has 7 heteroatoms. The number of fused-ring (bicyclic) bond motifs is 4. The lowest BCUT2D eigenvalue weighted by atomic mass is 9.86. The van der Waals surface area contributed by atoms with E-state index >= 15 is 0 Å². The van der Waals surface area contributed by atoms with Crippen LogP contribution in [0.3, 0.4) is 0 Å². The molecule has 2 aromatic carbocycles. The number of hydrogen-bond acceptors (Lipinski definition) is 5. The van der Waals surface area contributed by atoms with Crippen molar-refractivity contribution in [3.63, 3.8) is 0 Å². The van der Waals surface area contributed by atoms with E-state index in [0.29, 0.717) is 5.92 Å². The summed E-state index contributed by atoms with van der Waals surface area (Å²) in [5.41, 5.74) is 9.50. The van der Waals surface area contributed by atoms with Crippen LogP contribution < -0.4 is 0 Å². The molecule has 0 saturated carbocycles. The van der Waals surface area contributed by atoms with Crippen molar-refractivity contribution in [3.05, 3.63) is 77.0 Å². The highest BCUT2D eigenvalue weighted by molar-refractivity contribution is 6.07. The van der Waals surface area contributed by atoms with Crippen molar-refractivity contribution in [2.24, 2.45) is 13.0 Å². The molecule has 0 radical (unpaired) electrons. The first-order valence-corrected chi connectivity index (χ1v) is 13.2. The molecule has 3 aromatic heterocycles. The second-order valence-corrected chi connectivity index (χ2v) is 10.5. The first kappa shape index (κ1) is 22.6. The predicted molar refractivity (Wildman–Crippen MR) is 143 cm³/mol. The third-order valence-electron chi connectivity index (χ3n) is 8.32. The Morgan fingerprint density at radius 3 is 2.57 bits per heavy atom. The minimum atomic E-state index is -0.407. The SMILES string of the molecule is Cc1nnn(C)c1-c1ccc2c(n1)c1cc3c(cc1n2C(c1ccccc1)C1CCOCC1)C(O)CC3. The van der Waals surface area contributed by atoms with Crippen LogP contribution in [-0.4, -0.2) is 42.9 Å². The molecule has 7 nitrogen and oxygen atoms in total. The van der Waals surface area contributed by atoms with E-state index in [1.54, 1.807) is 4.68 Å². The maximum atomic E-state index is 10.8. The van der Waals surface area contributed by atoms with Crippen molar-refractivity contribution < 1.29 is 9.84 Å². The Morgan fingerprint density at radius 1 is 1.00 bits per heavy atom. The molecule has 1 aliphatic heterocycles. The van der Waals surface area contributed by atoms with Crippen LogP contribution in [0.25, 0.3) is 33.3 Å². The van der Waals surface area contributed by atoms with Gasteiger partial charge in [0.1, 0.15) is 5.69 Å². The molecule has 5 aromatic rings. The number of aliphatic hydroxyl groups excluding tert-OH is 1. The minimum Gasteiger partial charge on any atom is -0.388 e. The van der Waals surface area contributed by atoms with Gasteiger partial charge in [-0.3, -0.25) is 0 Å². The van der Waals surface area contributed by atoms with E-state index in [4.69, 9.17) is 9.72 Å². The first-order valence-electron chi connectivity index (χ1n) is 13.2. The summed E-state index contributed by atoms with van der Waals surface area (Å²) in [6.45, 7) is 3.55. The van der Waals surface area contributed by atoms with Crippen LogP contribution in [0.15, 0.2) is 54.6 Å². The zero-order chi connectivity index (χ0) is 25.1. The highest BCUT2D eigenvalue weighted by Crippen LogP contribution is 2.43. The molecule has 2 unspecified atom stereocenters. The molecule has 1 saturated heterocycles. The molecule has 7 rings (SSSR count). The molecule has 1 aliphatic carbocycles. The summed E-state index contributed by atoms with van der Waals surface area (Å²) in [7, 11) is 1.91. The van der Waals surface area contributed by atoms with Crippen LogP contribution in [0.2, 0.25) is 0 Å². The lowest BCUT2D eigenvalue weighted by molar-refractivity contribution is 0.0553. The van der Waals surface area contributed by atoms with E-state index in [1.807, 2.05) is 14.0 Å². The predicted octanol–water partition coefficient (Wildman–Crippen LogP) is 5.29. The van der Waals surface area contributed by atoms with Gasteiger partial charge in [0, 0.05) is 25.6 Å². The number of aryl methyl sites for hydroxylation is 3. The zero-order valence-electron chi connectivity index (χ0n) is 21.3. The summed E-state index contributed by atoms with van der Waals surface area (Å²) in [6.07, 6.45) is 3.29. The number of ether oxygens (including phenoxy) is 1. The van der Waals surface area contributed by atoms with Crippen molar-refractivity contribution in [3.8, 4) is 11.4 Å². The first-order chi connectivity index (χ1) is 18.1. The topological polar surface area (TPSA) is 78.0 Å². The Kier molecular flexibility index (Phi) is 5.37. The number of nitrogens with zero attached hydrogens (tertiary/aromatic N) is 5. The van der Waals surface area contributed by atoms with Crippen LogP contribution in [0, 0.1) is 12.8 Å². The fraction of sp³-hybridized carbons (Fsp3) is 0.367. The molecule has 37 heavy (non-hydrogen) atoms. The molecule has 0 spiro atoms. The molecule has 0 bridgehead atoms. The van der Waals surface area contributed by atoms with E-state index in [9.17, 15) is 5.11 Å². The summed E-state index contributed by atoms with van der Waals surface area (Å²) >= 11 is 0. The molecule has 2 aliphatic rings. The van der Waals surface area contributed by atoms with Crippen molar-refractivity contribution in [1.82, 2.24) is 24.5 Å². The summed E-state index contributed by atoms with van der Waals surface area (Å²) in [6, 6.07) is 19.8. The van der Waals surface area contributed by atoms with Gasteiger partial charge in [0.05, 0.1) is 40.1 Å². The number of benzene rings is 2. The van der Waals surface area contributed by atoms with Gasteiger partial charge in [-0.2, -0.15) is 0 Å². The van der Waals surface area contributed by atoms with E-state index in [-0.39, 0.29) is 6.04 Å². The second kappa shape index (κ2) is 8.78. The molecular formula is C30H31N5O2. The van der Waals surface area contributed by atoms with Gasteiger partial charge in [0.25, 0.3) is 0 Å².